The fraction of sp³-hybridized carbons (Fsp3) is 0.714. The molecule has 0 unspecified atom stereocenters. The summed E-state index contributed by atoms with van der Waals surface area (Å²) in [6.45, 7) is 11.3. The highest BCUT2D eigenvalue weighted by Crippen LogP contribution is 2.34. The van der Waals surface area contributed by atoms with E-state index in [9.17, 15) is 0 Å². The Balaban J connectivity index is 2.80. The van der Waals surface area contributed by atoms with Gasteiger partial charge in [-0.15, -0.1) is 0 Å². The Kier molecular flexibility index (Phi) is 4.84. The molecule has 0 aromatic heterocycles. The molecule has 0 N–H and O–H groups in total. The summed E-state index contributed by atoms with van der Waals surface area (Å²) in [5.41, 5.74) is 3.07. The zero-order valence-electron chi connectivity index (χ0n) is 11.5. The van der Waals surface area contributed by atoms with Gasteiger partial charge in [-0.1, -0.05) is 32.8 Å². The molecule has 0 aromatic rings. The SMILES string of the molecule is CCCC1=CCC(O[Si](C)(C)C)=C1CCC. The first-order valence-electron chi connectivity index (χ1n) is 6.58. The molecule has 1 nitrogen and oxygen atoms in total. The summed E-state index contributed by atoms with van der Waals surface area (Å²) in [5, 5.41) is 0. The van der Waals surface area contributed by atoms with Gasteiger partial charge in [-0.2, -0.15) is 0 Å². The first-order valence-corrected chi connectivity index (χ1v) is 9.99. The Hall–Kier alpha value is -0.503. The summed E-state index contributed by atoms with van der Waals surface area (Å²) in [5.74, 6) is 1.28. The third-order valence-corrected chi connectivity index (χ3v) is 3.57. The Morgan fingerprint density at radius 3 is 2.25 bits per heavy atom. The lowest BCUT2D eigenvalue weighted by atomic mass is 10.0. The van der Waals surface area contributed by atoms with Crippen molar-refractivity contribution in [1.29, 1.82) is 0 Å². The topological polar surface area (TPSA) is 9.23 Å². The fourth-order valence-corrected chi connectivity index (χ4v) is 3.13. The quantitative estimate of drug-likeness (QED) is 0.590. The highest BCUT2D eigenvalue weighted by atomic mass is 28.4. The van der Waals surface area contributed by atoms with Crippen LogP contribution in [0.2, 0.25) is 19.6 Å². The van der Waals surface area contributed by atoms with Gasteiger partial charge in [-0.25, -0.2) is 0 Å². The maximum atomic E-state index is 6.21. The van der Waals surface area contributed by atoms with Crippen molar-refractivity contribution in [2.24, 2.45) is 0 Å². The van der Waals surface area contributed by atoms with E-state index in [1.165, 1.54) is 37.0 Å². The predicted octanol–water partition coefficient (Wildman–Crippen LogP) is 5.02. The molecule has 0 saturated heterocycles. The predicted molar refractivity (Wildman–Crippen MR) is 74.0 cm³/mol. The smallest absolute Gasteiger partial charge is 0.241 e. The van der Waals surface area contributed by atoms with E-state index < -0.39 is 8.32 Å². The van der Waals surface area contributed by atoms with Crippen LogP contribution in [0.5, 0.6) is 0 Å². The molecule has 0 aromatic carbocycles. The van der Waals surface area contributed by atoms with Gasteiger partial charge in [0.05, 0.1) is 5.76 Å². The van der Waals surface area contributed by atoms with E-state index in [0.29, 0.717) is 0 Å². The van der Waals surface area contributed by atoms with Crippen LogP contribution in [0.15, 0.2) is 23.0 Å². The standard InChI is InChI=1S/C14H26OSi/c1-6-8-12-10-11-14(13(12)9-7-2)15-16(3,4)5/h10H,6-9,11H2,1-5H3. The zero-order valence-corrected chi connectivity index (χ0v) is 12.5. The molecule has 2 heteroatoms. The van der Waals surface area contributed by atoms with Crippen LogP contribution in [0.4, 0.5) is 0 Å². The summed E-state index contributed by atoms with van der Waals surface area (Å²) in [6, 6.07) is 0. The molecule has 0 heterocycles. The second kappa shape index (κ2) is 5.71. The maximum Gasteiger partial charge on any atom is 0.241 e. The average Bonchev–Trinajstić information content (AvgIpc) is 2.49. The summed E-state index contributed by atoms with van der Waals surface area (Å²) in [4.78, 5) is 0. The molecule has 1 aliphatic carbocycles. The minimum Gasteiger partial charge on any atom is -0.547 e. The van der Waals surface area contributed by atoms with Crippen LogP contribution in [0.25, 0.3) is 0 Å². The summed E-state index contributed by atoms with van der Waals surface area (Å²) < 4.78 is 6.21. The normalized spacial score (nSPS) is 16.7. The minimum atomic E-state index is -1.44. The highest BCUT2D eigenvalue weighted by molar-refractivity contribution is 6.70. The molecule has 92 valence electrons. The van der Waals surface area contributed by atoms with Gasteiger partial charge in [-0.05, 0) is 43.6 Å². The molecule has 1 rings (SSSR count). The van der Waals surface area contributed by atoms with Crippen LogP contribution in [-0.4, -0.2) is 8.32 Å². The summed E-state index contributed by atoms with van der Waals surface area (Å²) in [7, 11) is -1.44. The van der Waals surface area contributed by atoms with Gasteiger partial charge in [0.15, 0.2) is 0 Å². The molecule has 0 aliphatic heterocycles. The Labute approximate surface area is 102 Å². The molecule has 0 atom stereocenters. The lowest BCUT2D eigenvalue weighted by Gasteiger charge is -2.22. The monoisotopic (exact) mass is 238 g/mol. The third-order valence-electron chi connectivity index (χ3n) is 2.71. The van der Waals surface area contributed by atoms with Gasteiger partial charge >= 0.3 is 0 Å². The van der Waals surface area contributed by atoms with Crippen LogP contribution < -0.4 is 0 Å². The molecule has 0 spiro atoms. The first kappa shape index (κ1) is 13.6. The summed E-state index contributed by atoms with van der Waals surface area (Å²) in [6.07, 6.45) is 8.27. The van der Waals surface area contributed by atoms with E-state index in [0.717, 1.165) is 6.42 Å². The highest BCUT2D eigenvalue weighted by Gasteiger charge is 2.23. The molecule has 0 saturated carbocycles. The van der Waals surface area contributed by atoms with Crippen molar-refractivity contribution >= 4 is 8.32 Å². The van der Waals surface area contributed by atoms with Crippen molar-refractivity contribution in [1.82, 2.24) is 0 Å². The number of allylic oxidation sites excluding steroid dienone is 3. The first-order chi connectivity index (χ1) is 7.48. The largest absolute Gasteiger partial charge is 0.547 e. The van der Waals surface area contributed by atoms with Crippen molar-refractivity contribution in [2.45, 2.75) is 65.6 Å². The number of hydrogen-bond donors (Lipinski definition) is 0. The van der Waals surface area contributed by atoms with Crippen molar-refractivity contribution in [3.8, 4) is 0 Å². The lowest BCUT2D eigenvalue weighted by molar-refractivity contribution is 0.408. The number of rotatable bonds is 6. The maximum absolute atomic E-state index is 6.21. The van der Waals surface area contributed by atoms with Crippen LogP contribution in [0.3, 0.4) is 0 Å². The van der Waals surface area contributed by atoms with E-state index in [2.05, 4.69) is 39.6 Å². The van der Waals surface area contributed by atoms with E-state index in [-0.39, 0.29) is 0 Å². The molecule has 0 bridgehead atoms. The third kappa shape index (κ3) is 3.82. The zero-order chi connectivity index (χ0) is 12.2. The van der Waals surface area contributed by atoms with Gasteiger partial charge in [0.1, 0.15) is 0 Å². The average molecular weight is 238 g/mol. The van der Waals surface area contributed by atoms with Crippen LogP contribution >= 0.6 is 0 Å². The van der Waals surface area contributed by atoms with Crippen molar-refractivity contribution in [3.63, 3.8) is 0 Å². The van der Waals surface area contributed by atoms with E-state index in [1.807, 2.05) is 0 Å². The van der Waals surface area contributed by atoms with Gasteiger partial charge in [0, 0.05) is 6.42 Å². The number of hydrogen-bond acceptors (Lipinski definition) is 1. The molecule has 16 heavy (non-hydrogen) atoms. The second-order valence-corrected chi connectivity index (χ2v) is 9.98. The molecule has 1 aliphatic rings. The Morgan fingerprint density at radius 2 is 1.75 bits per heavy atom. The van der Waals surface area contributed by atoms with E-state index in [4.69, 9.17) is 4.43 Å². The minimum absolute atomic E-state index is 1.04. The second-order valence-electron chi connectivity index (χ2n) is 5.55. The van der Waals surface area contributed by atoms with Crippen molar-refractivity contribution < 1.29 is 4.43 Å². The van der Waals surface area contributed by atoms with Gasteiger partial charge in [0.2, 0.25) is 8.32 Å². The van der Waals surface area contributed by atoms with Gasteiger partial charge in [-0.3, -0.25) is 0 Å². The Morgan fingerprint density at radius 1 is 1.12 bits per heavy atom. The van der Waals surface area contributed by atoms with Gasteiger partial charge < -0.3 is 4.43 Å². The van der Waals surface area contributed by atoms with Crippen LogP contribution in [0, 0.1) is 0 Å². The van der Waals surface area contributed by atoms with Crippen molar-refractivity contribution in [3.05, 3.63) is 23.0 Å². The van der Waals surface area contributed by atoms with Gasteiger partial charge in [0.25, 0.3) is 0 Å². The van der Waals surface area contributed by atoms with Crippen LogP contribution in [0.1, 0.15) is 46.0 Å². The van der Waals surface area contributed by atoms with Crippen molar-refractivity contribution in [2.75, 3.05) is 0 Å². The van der Waals surface area contributed by atoms with E-state index in [1.54, 1.807) is 5.57 Å². The molecule has 0 amide bonds. The fourth-order valence-electron chi connectivity index (χ4n) is 2.19. The molecule has 0 radical (unpaired) electrons. The van der Waals surface area contributed by atoms with Crippen LogP contribution in [-0.2, 0) is 4.43 Å². The molecule has 0 fully saturated rings. The van der Waals surface area contributed by atoms with E-state index >= 15 is 0 Å². The molecular weight excluding hydrogens is 212 g/mol. The summed E-state index contributed by atoms with van der Waals surface area (Å²) >= 11 is 0. The lowest BCUT2D eigenvalue weighted by Crippen LogP contribution is -2.25. The molecular formula is C14H26OSi. The Bertz CT molecular complexity index is 294.